The van der Waals surface area contributed by atoms with E-state index in [-0.39, 0.29) is 27.0 Å². The SMILES string of the molecule is COc1cc(/C=C(\C#N)C(=O)Nc2cccc(I)c2)cc(Cl)c1OS(=O)(=O)c1ccccc1. The number of anilines is 1. The van der Waals surface area contributed by atoms with Crippen LogP contribution in [0.1, 0.15) is 5.56 Å². The van der Waals surface area contributed by atoms with Crippen LogP contribution < -0.4 is 14.2 Å². The maximum Gasteiger partial charge on any atom is 0.339 e. The Morgan fingerprint density at radius 1 is 1.12 bits per heavy atom. The van der Waals surface area contributed by atoms with E-state index in [1.54, 1.807) is 36.4 Å². The number of rotatable bonds is 7. The van der Waals surface area contributed by atoms with Gasteiger partial charge in [-0.2, -0.15) is 13.7 Å². The first-order valence-electron chi connectivity index (χ1n) is 9.29. The van der Waals surface area contributed by atoms with Gasteiger partial charge in [0.15, 0.2) is 5.75 Å². The largest absolute Gasteiger partial charge is 0.493 e. The van der Waals surface area contributed by atoms with E-state index in [9.17, 15) is 18.5 Å². The summed E-state index contributed by atoms with van der Waals surface area (Å²) in [5.74, 6) is -0.799. The molecule has 0 saturated heterocycles. The number of nitrogens with one attached hydrogen (secondary N) is 1. The Morgan fingerprint density at radius 3 is 2.48 bits per heavy atom. The van der Waals surface area contributed by atoms with Crippen LogP contribution in [-0.4, -0.2) is 21.4 Å². The van der Waals surface area contributed by atoms with Gasteiger partial charge in [-0.1, -0.05) is 35.9 Å². The van der Waals surface area contributed by atoms with Crippen LogP contribution in [-0.2, 0) is 14.9 Å². The molecule has 0 bridgehead atoms. The molecule has 0 aliphatic rings. The fourth-order valence-corrected chi connectivity index (χ4v) is 4.55. The summed E-state index contributed by atoms with van der Waals surface area (Å²) in [5.41, 5.74) is 0.701. The molecule has 168 valence electrons. The molecule has 3 rings (SSSR count). The maximum atomic E-state index is 12.6. The molecule has 0 spiro atoms. The average molecular weight is 595 g/mol. The third-order valence-electron chi connectivity index (χ3n) is 4.24. The van der Waals surface area contributed by atoms with Crippen LogP contribution in [0.2, 0.25) is 5.02 Å². The number of halogens is 2. The molecule has 1 N–H and O–H groups in total. The first kappa shape index (κ1) is 24.6. The minimum Gasteiger partial charge on any atom is -0.493 e. The molecule has 0 heterocycles. The first-order valence-corrected chi connectivity index (χ1v) is 12.2. The van der Waals surface area contributed by atoms with E-state index in [0.29, 0.717) is 11.3 Å². The molecular formula is C23H16ClIN2O5S. The molecule has 0 aromatic heterocycles. The van der Waals surface area contributed by atoms with Crippen LogP contribution in [0.25, 0.3) is 6.08 Å². The van der Waals surface area contributed by atoms with Crippen LogP contribution in [0.4, 0.5) is 5.69 Å². The highest BCUT2D eigenvalue weighted by molar-refractivity contribution is 14.1. The Balaban J connectivity index is 1.91. The van der Waals surface area contributed by atoms with Gasteiger partial charge in [-0.3, -0.25) is 4.79 Å². The smallest absolute Gasteiger partial charge is 0.339 e. The van der Waals surface area contributed by atoms with Gasteiger partial charge in [0.25, 0.3) is 5.91 Å². The molecule has 0 radical (unpaired) electrons. The van der Waals surface area contributed by atoms with E-state index in [1.165, 1.54) is 37.5 Å². The summed E-state index contributed by atoms with van der Waals surface area (Å²) in [7, 11) is -2.84. The normalized spacial score (nSPS) is 11.4. The average Bonchev–Trinajstić information content (AvgIpc) is 2.79. The summed E-state index contributed by atoms with van der Waals surface area (Å²) in [6, 6.07) is 19.3. The number of ether oxygens (including phenoxy) is 1. The van der Waals surface area contributed by atoms with Gasteiger partial charge in [0.05, 0.1) is 12.1 Å². The Bertz CT molecular complexity index is 1370. The van der Waals surface area contributed by atoms with Gasteiger partial charge in [0.1, 0.15) is 16.5 Å². The summed E-state index contributed by atoms with van der Waals surface area (Å²) < 4.78 is 36.5. The van der Waals surface area contributed by atoms with Crippen molar-refractivity contribution < 1.29 is 22.1 Å². The lowest BCUT2D eigenvalue weighted by molar-refractivity contribution is -0.112. The van der Waals surface area contributed by atoms with E-state index in [2.05, 4.69) is 27.9 Å². The number of carbonyl (C=O) groups excluding carboxylic acids is 1. The van der Waals surface area contributed by atoms with Crippen molar-refractivity contribution in [1.29, 1.82) is 5.26 Å². The second-order valence-electron chi connectivity index (χ2n) is 6.52. The lowest BCUT2D eigenvalue weighted by Gasteiger charge is -2.13. The molecule has 0 aliphatic carbocycles. The molecule has 0 unspecified atom stereocenters. The first-order chi connectivity index (χ1) is 15.7. The number of hydrogen-bond donors (Lipinski definition) is 1. The zero-order chi connectivity index (χ0) is 24.0. The van der Waals surface area contributed by atoms with Crippen LogP contribution in [0.15, 0.2) is 77.2 Å². The number of carbonyl (C=O) groups is 1. The van der Waals surface area contributed by atoms with E-state index >= 15 is 0 Å². The van der Waals surface area contributed by atoms with Gasteiger partial charge < -0.3 is 14.2 Å². The Labute approximate surface area is 209 Å². The highest BCUT2D eigenvalue weighted by atomic mass is 127. The lowest BCUT2D eigenvalue weighted by atomic mass is 10.1. The molecular weight excluding hydrogens is 579 g/mol. The monoisotopic (exact) mass is 594 g/mol. The Hall–Kier alpha value is -3.07. The van der Waals surface area contributed by atoms with Crippen molar-refractivity contribution in [2.45, 2.75) is 4.90 Å². The fourth-order valence-electron chi connectivity index (χ4n) is 2.73. The van der Waals surface area contributed by atoms with Gasteiger partial charge in [0, 0.05) is 9.26 Å². The molecule has 7 nitrogen and oxygen atoms in total. The van der Waals surface area contributed by atoms with E-state index < -0.39 is 16.0 Å². The van der Waals surface area contributed by atoms with Crippen LogP contribution >= 0.6 is 34.2 Å². The fraction of sp³-hybridized carbons (Fsp3) is 0.0435. The Morgan fingerprint density at radius 2 is 1.85 bits per heavy atom. The summed E-state index contributed by atoms with van der Waals surface area (Å²) >= 11 is 8.39. The van der Waals surface area contributed by atoms with Gasteiger partial charge in [-0.05, 0) is 76.7 Å². The highest BCUT2D eigenvalue weighted by Gasteiger charge is 2.22. The highest BCUT2D eigenvalue weighted by Crippen LogP contribution is 2.38. The van der Waals surface area contributed by atoms with Crippen molar-refractivity contribution in [1.82, 2.24) is 0 Å². The number of benzene rings is 3. The molecule has 3 aromatic carbocycles. The molecule has 0 atom stereocenters. The number of amides is 1. The zero-order valence-corrected chi connectivity index (χ0v) is 20.8. The van der Waals surface area contributed by atoms with Crippen molar-refractivity contribution in [2.24, 2.45) is 0 Å². The van der Waals surface area contributed by atoms with Gasteiger partial charge in [-0.25, -0.2) is 0 Å². The summed E-state index contributed by atoms with van der Waals surface area (Å²) in [5, 5.41) is 12.1. The van der Waals surface area contributed by atoms with Crippen molar-refractivity contribution in [3.05, 3.63) is 86.5 Å². The molecule has 3 aromatic rings. The van der Waals surface area contributed by atoms with Crippen molar-refractivity contribution in [3.8, 4) is 17.6 Å². The summed E-state index contributed by atoms with van der Waals surface area (Å²) in [6.07, 6.45) is 1.31. The minimum atomic E-state index is -4.16. The lowest BCUT2D eigenvalue weighted by Crippen LogP contribution is -2.13. The molecule has 33 heavy (non-hydrogen) atoms. The quantitative estimate of drug-likeness (QED) is 0.173. The topological polar surface area (TPSA) is 105 Å². The van der Waals surface area contributed by atoms with Crippen LogP contribution in [0, 0.1) is 14.9 Å². The van der Waals surface area contributed by atoms with E-state index in [4.69, 9.17) is 20.5 Å². The molecule has 10 heteroatoms. The zero-order valence-electron chi connectivity index (χ0n) is 17.1. The van der Waals surface area contributed by atoms with Crippen molar-refractivity contribution >= 4 is 62.0 Å². The van der Waals surface area contributed by atoms with Crippen molar-refractivity contribution in [2.75, 3.05) is 12.4 Å². The number of hydrogen-bond acceptors (Lipinski definition) is 6. The summed E-state index contributed by atoms with van der Waals surface area (Å²) in [4.78, 5) is 12.5. The van der Waals surface area contributed by atoms with Crippen LogP contribution in [0.3, 0.4) is 0 Å². The second kappa shape index (κ2) is 10.7. The second-order valence-corrected chi connectivity index (χ2v) is 9.72. The van der Waals surface area contributed by atoms with Crippen LogP contribution in [0.5, 0.6) is 11.5 Å². The van der Waals surface area contributed by atoms with Gasteiger partial charge in [0.2, 0.25) is 5.75 Å². The predicted molar refractivity (Wildman–Crippen MR) is 134 cm³/mol. The van der Waals surface area contributed by atoms with Gasteiger partial charge in [-0.15, -0.1) is 0 Å². The third-order valence-corrected chi connectivity index (χ3v) is 6.42. The molecule has 0 saturated carbocycles. The Kier molecular flexibility index (Phi) is 7.97. The van der Waals surface area contributed by atoms with Gasteiger partial charge >= 0.3 is 10.1 Å². The standard InChI is InChI=1S/C23H16ClIN2O5S/c1-31-21-12-15(10-16(14-26)23(28)27-18-7-5-6-17(25)13-18)11-20(24)22(21)32-33(29,30)19-8-3-2-4-9-19/h2-13H,1H3,(H,27,28)/b16-10+. The predicted octanol–water partition coefficient (Wildman–Crippen LogP) is 5.27. The molecule has 0 fully saturated rings. The third kappa shape index (κ3) is 6.25. The van der Waals surface area contributed by atoms with E-state index in [1.807, 2.05) is 12.1 Å². The maximum absolute atomic E-state index is 12.6. The number of nitrogens with zero attached hydrogens (tertiary/aromatic N) is 1. The number of nitriles is 1. The summed E-state index contributed by atoms with van der Waals surface area (Å²) in [6.45, 7) is 0. The minimum absolute atomic E-state index is 0.0172. The van der Waals surface area contributed by atoms with E-state index in [0.717, 1.165) is 3.57 Å². The number of methoxy groups -OCH3 is 1. The molecule has 1 amide bonds. The molecule has 0 aliphatic heterocycles. The van der Waals surface area contributed by atoms with Crippen molar-refractivity contribution in [3.63, 3.8) is 0 Å².